The SMILES string of the molecule is CC(N)CC1CS(=O)(=O)C1. The second kappa shape index (κ2) is 2.51. The van der Waals surface area contributed by atoms with Crippen LogP contribution in [-0.4, -0.2) is 26.0 Å². The van der Waals surface area contributed by atoms with E-state index in [9.17, 15) is 8.42 Å². The van der Waals surface area contributed by atoms with Crippen LogP contribution in [0.25, 0.3) is 0 Å². The molecular formula is C6H13NO2S. The van der Waals surface area contributed by atoms with Gasteiger partial charge in [-0.2, -0.15) is 0 Å². The molecule has 3 nitrogen and oxygen atoms in total. The average molecular weight is 163 g/mol. The largest absolute Gasteiger partial charge is 0.328 e. The summed E-state index contributed by atoms with van der Waals surface area (Å²) in [6, 6.07) is 0.139. The summed E-state index contributed by atoms with van der Waals surface area (Å²) in [5.74, 6) is 1.05. The molecule has 1 saturated heterocycles. The van der Waals surface area contributed by atoms with E-state index < -0.39 is 9.84 Å². The first kappa shape index (κ1) is 8.01. The van der Waals surface area contributed by atoms with Crippen molar-refractivity contribution in [3.8, 4) is 0 Å². The number of rotatable bonds is 2. The fourth-order valence-electron chi connectivity index (χ4n) is 1.33. The van der Waals surface area contributed by atoms with Crippen molar-refractivity contribution in [3.63, 3.8) is 0 Å². The Morgan fingerprint density at radius 1 is 1.60 bits per heavy atom. The van der Waals surface area contributed by atoms with Crippen LogP contribution in [0.4, 0.5) is 0 Å². The van der Waals surface area contributed by atoms with Gasteiger partial charge in [-0.05, 0) is 19.3 Å². The van der Waals surface area contributed by atoms with Crippen LogP contribution >= 0.6 is 0 Å². The summed E-state index contributed by atoms with van der Waals surface area (Å²) in [6.07, 6.45) is 0.846. The van der Waals surface area contributed by atoms with Gasteiger partial charge in [0.25, 0.3) is 0 Å². The Labute approximate surface area is 61.5 Å². The lowest BCUT2D eigenvalue weighted by atomic mass is 10.1. The molecule has 0 aromatic heterocycles. The van der Waals surface area contributed by atoms with Gasteiger partial charge in [-0.25, -0.2) is 8.42 Å². The Hall–Kier alpha value is -0.0900. The maximum Gasteiger partial charge on any atom is 0.150 e. The molecule has 1 aliphatic heterocycles. The van der Waals surface area contributed by atoms with Crippen LogP contribution in [0.5, 0.6) is 0 Å². The third-order valence-electron chi connectivity index (χ3n) is 1.68. The van der Waals surface area contributed by atoms with Crippen LogP contribution in [0.2, 0.25) is 0 Å². The minimum atomic E-state index is -2.63. The molecule has 60 valence electrons. The summed E-state index contributed by atoms with van der Waals surface area (Å²) < 4.78 is 21.3. The predicted molar refractivity (Wildman–Crippen MR) is 40.4 cm³/mol. The van der Waals surface area contributed by atoms with Crippen LogP contribution in [0.15, 0.2) is 0 Å². The Morgan fingerprint density at radius 2 is 2.10 bits per heavy atom. The fourth-order valence-corrected chi connectivity index (χ4v) is 2.94. The summed E-state index contributed by atoms with van der Waals surface area (Å²) in [5, 5.41) is 0. The minimum Gasteiger partial charge on any atom is -0.328 e. The molecule has 0 radical (unpaired) electrons. The van der Waals surface area contributed by atoms with E-state index in [1.165, 1.54) is 0 Å². The summed E-state index contributed by atoms with van der Waals surface area (Å²) in [4.78, 5) is 0. The molecule has 1 aliphatic rings. The molecular weight excluding hydrogens is 150 g/mol. The highest BCUT2D eigenvalue weighted by Gasteiger charge is 2.33. The molecule has 1 rings (SSSR count). The second-order valence-electron chi connectivity index (χ2n) is 3.16. The molecule has 0 saturated carbocycles. The highest BCUT2D eigenvalue weighted by molar-refractivity contribution is 7.92. The molecule has 0 aliphatic carbocycles. The third-order valence-corrected chi connectivity index (χ3v) is 3.64. The number of hydrogen-bond donors (Lipinski definition) is 1. The van der Waals surface area contributed by atoms with Crippen LogP contribution in [-0.2, 0) is 9.84 Å². The molecule has 0 aromatic carbocycles. The number of nitrogens with two attached hydrogens (primary N) is 1. The first-order chi connectivity index (χ1) is 4.49. The zero-order valence-corrected chi connectivity index (χ0v) is 6.89. The van der Waals surface area contributed by atoms with Crippen molar-refractivity contribution in [2.75, 3.05) is 11.5 Å². The third kappa shape index (κ3) is 1.95. The predicted octanol–water partition coefficient (Wildman–Crippen LogP) is -0.232. The normalized spacial score (nSPS) is 27.4. The highest BCUT2D eigenvalue weighted by atomic mass is 32.2. The van der Waals surface area contributed by atoms with Gasteiger partial charge >= 0.3 is 0 Å². The van der Waals surface area contributed by atoms with Crippen LogP contribution in [0, 0.1) is 5.92 Å². The Bertz CT molecular complexity index is 196. The van der Waals surface area contributed by atoms with Crippen molar-refractivity contribution in [1.29, 1.82) is 0 Å². The van der Waals surface area contributed by atoms with Crippen molar-refractivity contribution in [2.45, 2.75) is 19.4 Å². The van der Waals surface area contributed by atoms with E-state index in [1.807, 2.05) is 6.92 Å². The van der Waals surface area contributed by atoms with Gasteiger partial charge in [-0.3, -0.25) is 0 Å². The molecule has 1 heterocycles. The van der Waals surface area contributed by atoms with Crippen molar-refractivity contribution < 1.29 is 8.42 Å². The lowest BCUT2D eigenvalue weighted by molar-refractivity contribution is 0.467. The molecule has 1 atom stereocenters. The molecule has 0 spiro atoms. The van der Waals surface area contributed by atoms with Crippen LogP contribution in [0.3, 0.4) is 0 Å². The quantitative estimate of drug-likeness (QED) is 0.611. The lowest BCUT2D eigenvalue weighted by Crippen LogP contribution is -2.39. The van der Waals surface area contributed by atoms with Crippen molar-refractivity contribution in [2.24, 2.45) is 11.7 Å². The van der Waals surface area contributed by atoms with Gasteiger partial charge in [0.05, 0.1) is 11.5 Å². The smallest absolute Gasteiger partial charge is 0.150 e. The van der Waals surface area contributed by atoms with E-state index in [1.54, 1.807) is 0 Å². The summed E-state index contributed by atoms with van der Waals surface area (Å²) >= 11 is 0. The maximum atomic E-state index is 10.6. The summed E-state index contributed by atoms with van der Waals surface area (Å²) in [7, 11) is -2.63. The van der Waals surface area contributed by atoms with Gasteiger partial charge in [-0.15, -0.1) is 0 Å². The number of sulfone groups is 1. The molecule has 2 N–H and O–H groups in total. The van der Waals surface area contributed by atoms with E-state index in [0.717, 1.165) is 6.42 Å². The monoisotopic (exact) mass is 163 g/mol. The summed E-state index contributed by atoms with van der Waals surface area (Å²) in [6.45, 7) is 1.91. The van der Waals surface area contributed by atoms with E-state index in [0.29, 0.717) is 17.4 Å². The highest BCUT2D eigenvalue weighted by Crippen LogP contribution is 2.21. The Morgan fingerprint density at radius 3 is 2.40 bits per heavy atom. The second-order valence-corrected chi connectivity index (χ2v) is 5.31. The van der Waals surface area contributed by atoms with E-state index in [4.69, 9.17) is 5.73 Å². The lowest BCUT2D eigenvalue weighted by Gasteiger charge is -2.26. The van der Waals surface area contributed by atoms with Crippen molar-refractivity contribution >= 4 is 9.84 Å². The Balaban J connectivity index is 2.27. The molecule has 1 unspecified atom stereocenters. The van der Waals surface area contributed by atoms with Gasteiger partial charge in [0.2, 0.25) is 0 Å². The van der Waals surface area contributed by atoms with Crippen LogP contribution in [0.1, 0.15) is 13.3 Å². The summed E-state index contributed by atoms with van der Waals surface area (Å²) in [5.41, 5.74) is 5.50. The Kier molecular flexibility index (Phi) is 2.01. The van der Waals surface area contributed by atoms with Crippen LogP contribution < -0.4 is 5.73 Å². The topological polar surface area (TPSA) is 60.2 Å². The molecule has 1 fully saturated rings. The zero-order valence-electron chi connectivity index (χ0n) is 6.08. The molecule has 0 bridgehead atoms. The first-order valence-electron chi connectivity index (χ1n) is 3.45. The van der Waals surface area contributed by atoms with Gasteiger partial charge in [0, 0.05) is 6.04 Å². The van der Waals surface area contributed by atoms with E-state index >= 15 is 0 Å². The van der Waals surface area contributed by atoms with Gasteiger partial charge in [0.15, 0.2) is 9.84 Å². The molecule has 0 aromatic rings. The zero-order chi connectivity index (χ0) is 7.78. The minimum absolute atomic E-state index is 0.139. The molecule has 10 heavy (non-hydrogen) atoms. The molecule has 4 heteroatoms. The molecule has 0 amide bonds. The fraction of sp³-hybridized carbons (Fsp3) is 1.00. The maximum absolute atomic E-state index is 10.6. The van der Waals surface area contributed by atoms with E-state index in [-0.39, 0.29) is 6.04 Å². The van der Waals surface area contributed by atoms with Gasteiger partial charge < -0.3 is 5.73 Å². The first-order valence-corrected chi connectivity index (χ1v) is 5.28. The standard InChI is InChI=1S/C6H13NO2S/c1-5(7)2-6-3-10(8,9)4-6/h5-6H,2-4,7H2,1H3. The van der Waals surface area contributed by atoms with Gasteiger partial charge in [-0.1, -0.05) is 0 Å². The van der Waals surface area contributed by atoms with E-state index in [2.05, 4.69) is 0 Å². The van der Waals surface area contributed by atoms with Crippen molar-refractivity contribution in [1.82, 2.24) is 0 Å². The number of hydrogen-bond acceptors (Lipinski definition) is 3. The van der Waals surface area contributed by atoms with Crippen molar-refractivity contribution in [3.05, 3.63) is 0 Å². The van der Waals surface area contributed by atoms with Gasteiger partial charge in [0.1, 0.15) is 0 Å². The average Bonchev–Trinajstić information content (AvgIpc) is 1.57.